The molecule has 2 N–H and O–H groups in total. The van der Waals surface area contributed by atoms with Crippen molar-refractivity contribution in [2.75, 3.05) is 33.5 Å². The van der Waals surface area contributed by atoms with Crippen LogP contribution < -0.4 is 20.4 Å². The lowest BCUT2D eigenvalue weighted by Gasteiger charge is -2.20. The van der Waals surface area contributed by atoms with E-state index < -0.39 is 0 Å². The summed E-state index contributed by atoms with van der Waals surface area (Å²) in [5.74, 6) is 0. The standard InChI is InChI=1S/C25H24N4O2/c1-17-10-11-20(26-24(30)28-14-12-18-6-2-4-8-22(18)28)16-21(17)27-25(31)29-15-13-19-7-3-5-9-23(19)29/h2-11,16H,12-15H2,1H3,(H,26,30)(H,27,31). The number of nitrogens with zero attached hydrogens (tertiary/aromatic N) is 2. The van der Waals surface area contributed by atoms with Gasteiger partial charge in [0.15, 0.2) is 0 Å². The second-order valence-corrected chi connectivity index (χ2v) is 7.95. The van der Waals surface area contributed by atoms with Gasteiger partial charge in [-0.3, -0.25) is 9.80 Å². The highest BCUT2D eigenvalue weighted by atomic mass is 16.2. The minimum absolute atomic E-state index is 0.162. The first kappa shape index (κ1) is 19.2. The third kappa shape index (κ3) is 3.61. The number of anilines is 4. The Kier molecular flexibility index (Phi) is 4.82. The quantitative estimate of drug-likeness (QED) is 0.609. The van der Waals surface area contributed by atoms with Crippen molar-refractivity contribution in [1.29, 1.82) is 0 Å². The maximum Gasteiger partial charge on any atom is 0.326 e. The number of amides is 4. The number of fused-ring (bicyclic) bond motifs is 2. The molecule has 0 unspecified atom stereocenters. The van der Waals surface area contributed by atoms with Gasteiger partial charge < -0.3 is 10.6 Å². The van der Waals surface area contributed by atoms with Gasteiger partial charge >= 0.3 is 12.1 Å². The van der Waals surface area contributed by atoms with Gasteiger partial charge in [-0.1, -0.05) is 42.5 Å². The monoisotopic (exact) mass is 412 g/mol. The lowest BCUT2D eigenvalue weighted by atomic mass is 10.1. The average Bonchev–Trinajstić information content (AvgIpc) is 3.40. The summed E-state index contributed by atoms with van der Waals surface area (Å²) in [5, 5.41) is 5.99. The van der Waals surface area contributed by atoms with Crippen molar-refractivity contribution >= 4 is 34.8 Å². The SMILES string of the molecule is Cc1ccc(NC(=O)N2CCc3ccccc32)cc1NC(=O)N1CCc2ccccc21. The van der Waals surface area contributed by atoms with E-state index in [9.17, 15) is 9.59 Å². The van der Waals surface area contributed by atoms with Crippen molar-refractivity contribution in [2.24, 2.45) is 0 Å². The van der Waals surface area contributed by atoms with Gasteiger partial charge in [0.1, 0.15) is 0 Å². The van der Waals surface area contributed by atoms with E-state index in [4.69, 9.17) is 0 Å². The topological polar surface area (TPSA) is 64.7 Å². The van der Waals surface area contributed by atoms with Crippen molar-refractivity contribution in [1.82, 2.24) is 0 Å². The lowest BCUT2D eigenvalue weighted by molar-refractivity contribution is 0.256. The zero-order chi connectivity index (χ0) is 21.4. The zero-order valence-corrected chi connectivity index (χ0v) is 17.4. The predicted molar refractivity (Wildman–Crippen MR) is 124 cm³/mol. The maximum absolute atomic E-state index is 12.9. The lowest BCUT2D eigenvalue weighted by Crippen LogP contribution is -2.34. The van der Waals surface area contributed by atoms with Crippen LogP contribution in [0.2, 0.25) is 0 Å². The second-order valence-electron chi connectivity index (χ2n) is 7.95. The number of hydrogen-bond donors (Lipinski definition) is 2. The summed E-state index contributed by atoms with van der Waals surface area (Å²) in [4.78, 5) is 29.3. The predicted octanol–water partition coefficient (Wildman–Crippen LogP) is 5.18. The summed E-state index contributed by atoms with van der Waals surface area (Å²) in [6.45, 7) is 3.26. The minimum Gasteiger partial charge on any atom is -0.307 e. The molecule has 31 heavy (non-hydrogen) atoms. The maximum atomic E-state index is 12.9. The molecule has 0 aliphatic carbocycles. The Labute approximate surface area is 181 Å². The van der Waals surface area contributed by atoms with Crippen LogP contribution in [-0.4, -0.2) is 25.2 Å². The van der Waals surface area contributed by atoms with Gasteiger partial charge in [-0.15, -0.1) is 0 Å². The van der Waals surface area contributed by atoms with Crippen LogP contribution in [0.15, 0.2) is 66.7 Å². The van der Waals surface area contributed by atoms with Gasteiger partial charge in [0.25, 0.3) is 0 Å². The Bertz CT molecular complexity index is 1170. The first-order valence-corrected chi connectivity index (χ1v) is 10.5. The number of carbonyl (C=O) groups is 2. The summed E-state index contributed by atoms with van der Waals surface area (Å²) in [5.41, 5.74) is 6.54. The van der Waals surface area contributed by atoms with Crippen molar-refractivity contribution in [3.8, 4) is 0 Å². The van der Waals surface area contributed by atoms with Gasteiger partial charge in [-0.25, -0.2) is 9.59 Å². The summed E-state index contributed by atoms with van der Waals surface area (Å²) >= 11 is 0. The van der Waals surface area contributed by atoms with E-state index in [0.717, 1.165) is 29.8 Å². The van der Waals surface area contributed by atoms with Crippen LogP contribution in [0, 0.1) is 6.92 Å². The van der Waals surface area contributed by atoms with E-state index in [1.165, 1.54) is 11.1 Å². The summed E-state index contributed by atoms with van der Waals surface area (Å²) in [7, 11) is 0. The van der Waals surface area contributed by atoms with Gasteiger partial charge in [-0.05, 0) is 60.7 Å². The van der Waals surface area contributed by atoms with Crippen LogP contribution in [0.3, 0.4) is 0 Å². The molecule has 2 aliphatic heterocycles. The smallest absolute Gasteiger partial charge is 0.307 e. The number of urea groups is 2. The average molecular weight is 412 g/mol. The van der Waals surface area contributed by atoms with Crippen LogP contribution in [0.5, 0.6) is 0 Å². The Balaban J connectivity index is 1.31. The third-order valence-electron chi connectivity index (χ3n) is 6.00. The summed E-state index contributed by atoms with van der Waals surface area (Å²) in [6, 6.07) is 21.2. The molecular weight excluding hydrogens is 388 g/mol. The summed E-state index contributed by atoms with van der Waals surface area (Å²) < 4.78 is 0. The Morgan fingerprint density at radius 2 is 1.29 bits per heavy atom. The highest BCUT2D eigenvalue weighted by Crippen LogP contribution is 2.30. The Hall–Kier alpha value is -3.80. The highest BCUT2D eigenvalue weighted by molar-refractivity contribution is 6.05. The fourth-order valence-corrected chi connectivity index (χ4v) is 4.31. The van der Waals surface area contributed by atoms with Crippen molar-refractivity contribution in [3.05, 3.63) is 83.4 Å². The fraction of sp³-hybridized carbons (Fsp3) is 0.200. The molecule has 0 saturated heterocycles. The molecule has 0 atom stereocenters. The van der Waals surface area contributed by atoms with E-state index in [0.29, 0.717) is 24.5 Å². The number of rotatable bonds is 2. The van der Waals surface area contributed by atoms with E-state index in [1.807, 2.05) is 61.5 Å². The molecule has 0 bridgehead atoms. The zero-order valence-electron chi connectivity index (χ0n) is 17.4. The Morgan fingerprint density at radius 3 is 1.90 bits per heavy atom. The molecule has 2 aliphatic rings. The van der Waals surface area contributed by atoms with Gasteiger partial charge in [0.05, 0.1) is 0 Å². The Morgan fingerprint density at radius 1 is 0.742 bits per heavy atom. The van der Waals surface area contributed by atoms with Crippen LogP contribution >= 0.6 is 0 Å². The normalized spacial score (nSPS) is 14.2. The number of nitrogens with one attached hydrogen (secondary N) is 2. The number of para-hydroxylation sites is 2. The minimum atomic E-state index is -0.167. The molecule has 0 saturated carbocycles. The molecule has 3 aromatic carbocycles. The van der Waals surface area contributed by atoms with Crippen molar-refractivity contribution < 1.29 is 9.59 Å². The van der Waals surface area contributed by atoms with E-state index in [2.05, 4.69) is 22.8 Å². The van der Waals surface area contributed by atoms with Gasteiger partial charge in [0.2, 0.25) is 0 Å². The summed E-state index contributed by atoms with van der Waals surface area (Å²) in [6.07, 6.45) is 1.71. The number of carbonyl (C=O) groups excluding carboxylic acids is 2. The molecule has 6 nitrogen and oxygen atoms in total. The molecular formula is C25H24N4O2. The first-order valence-electron chi connectivity index (χ1n) is 10.5. The first-order chi connectivity index (χ1) is 15.1. The van der Waals surface area contributed by atoms with Crippen molar-refractivity contribution in [3.63, 3.8) is 0 Å². The molecule has 6 heteroatoms. The van der Waals surface area contributed by atoms with Crippen molar-refractivity contribution in [2.45, 2.75) is 19.8 Å². The molecule has 2 heterocycles. The number of hydrogen-bond acceptors (Lipinski definition) is 2. The van der Waals surface area contributed by atoms with Crippen LogP contribution in [0.4, 0.5) is 32.3 Å². The molecule has 4 amide bonds. The van der Waals surface area contributed by atoms with E-state index >= 15 is 0 Å². The molecule has 0 aromatic heterocycles. The third-order valence-corrected chi connectivity index (χ3v) is 6.00. The molecule has 0 fully saturated rings. The second kappa shape index (κ2) is 7.80. The molecule has 5 rings (SSSR count). The van der Waals surface area contributed by atoms with Crippen LogP contribution in [0.25, 0.3) is 0 Å². The largest absolute Gasteiger partial charge is 0.326 e. The number of aryl methyl sites for hydroxylation is 1. The number of benzene rings is 3. The molecule has 3 aromatic rings. The molecule has 0 radical (unpaired) electrons. The fourth-order valence-electron chi connectivity index (χ4n) is 4.31. The van der Waals surface area contributed by atoms with E-state index in [-0.39, 0.29) is 12.1 Å². The van der Waals surface area contributed by atoms with Crippen LogP contribution in [-0.2, 0) is 12.8 Å². The van der Waals surface area contributed by atoms with Crippen LogP contribution in [0.1, 0.15) is 16.7 Å². The van der Waals surface area contributed by atoms with Gasteiger partial charge in [0, 0.05) is 35.8 Å². The molecule has 0 spiro atoms. The molecule has 156 valence electrons. The van der Waals surface area contributed by atoms with Gasteiger partial charge in [-0.2, -0.15) is 0 Å². The highest BCUT2D eigenvalue weighted by Gasteiger charge is 2.26. The van der Waals surface area contributed by atoms with E-state index in [1.54, 1.807) is 9.80 Å².